The van der Waals surface area contributed by atoms with Crippen LogP contribution in [-0.4, -0.2) is 48.6 Å². The molecule has 3 fully saturated rings. The molecule has 0 aromatic heterocycles. The standard InChI is InChI=1S/C19H24N2O3/c22-17-12-24-19-15(14-7-2-1-3-8-14)11-21(16(19)10-20-17)18(23)9-13-5-4-6-13/h1-3,7-8,13,15-16,19H,4-6,9-12H2,(H,20,22)/t15-,16-,19-/m1/s1. The first-order chi connectivity index (χ1) is 11.7. The zero-order chi connectivity index (χ0) is 16.5. The Hall–Kier alpha value is -1.88. The van der Waals surface area contributed by atoms with E-state index in [4.69, 9.17) is 4.74 Å². The Labute approximate surface area is 142 Å². The second-order valence-corrected chi connectivity index (χ2v) is 7.21. The number of hydrogen-bond acceptors (Lipinski definition) is 3. The van der Waals surface area contributed by atoms with Crippen LogP contribution in [0.25, 0.3) is 0 Å². The molecule has 1 N–H and O–H groups in total. The maximum Gasteiger partial charge on any atom is 0.246 e. The van der Waals surface area contributed by atoms with Crippen molar-refractivity contribution < 1.29 is 14.3 Å². The summed E-state index contributed by atoms with van der Waals surface area (Å²) in [5.74, 6) is 0.803. The van der Waals surface area contributed by atoms with Crippen molar-refractivity contribution in [2.24, 2.45) is 5.92 Å². The molecule has 2 heterocycles. The van der Waals surface area contributed by atoms with Gasteiger partial charge in [0.15, 0.2) is 0 Å². The van der Waals surface area contributed by atoms with Gasteiger partial charge in [0, 0.05) is 25.4 Å². The number of nitrogens with one attached hydrogen (secondary N) is 1. The predicted molar refractivity (Wildman–Crippen MR) is 89.4 cm³/mol. The fourth-order valence-electron chi connectivity index (χ4n) is 4.13. The molecule has 24 heavy (non-hydrogen) atoms. The van der Waals surface area contributed by atoms with Gasteiger partial charge < -0.3 is 15.0 Å². The van der Waals surface area contributed by atoms with Crippen LogP contribution in [0.1, 0.15) is 37.2 Å². The van der Waals surface area contributed by atoms with Crippen molar-refractivity contribution in [1.29, 1.82) is 0 Å². The molecule has 2 amide bonds. The van der Waals surface area contributed by atoms with E-state index >= 15 is 0 Å². The van der Waals surface area contributed by atoms with Crippen molar-refractivity contribution in [3.8, 4) is 0 Å². The molecule has 5 heteroatoms. The van der Waals surface area contributed by atoms with Crippen molar-refractivity contribution in [3.05, 3.63) is 35.9 Å². The molecule has 0 unspecified atom stereocenters. The van der Waals surface area contributed by atoms with E-state index in [9.17, 15) is 9.59 Å². The third kappa shape index (κ3) is 2.93. The van der Waals surface area contributed by atoms with Gasteiger partial charge in [0.25, 0.3) is 0 Å². The molecule has 3 aliphatic rings. The number of likely N-dealkylation sites (tertiary alicyclic amines) is 1. The second kappa shape index (κ2) is 6.55. The summed E-state index contributed by atoms with van der Waals surface area (Å²) < 4.78 is 5.93. The summed E-state index contributed by atoms with van der Waals surface area (Å²) in [6.07, 6.45) is 4.11. The maximum atomic E-state index is 12.8. The molecule has 1 saturated carbocycles. The summed E-state index contributed by atoms with van der Waals surface area (Å²) in [4.78, 5) is 26.5. The van der Waals surface area contributed by atoms with Crippen LogP contribution in [0.3, 0.4) is 0 Å². The minimum Gasteiger partial charge on any atom is -0.365 e. The van der Waals surface area contributed by atoms with Gasteiger partial charge >= 0.3 is 0 Å². The van der Waals surface area contributed by atoms with Crippen LogP contribution in [0.15, 0.2) is 30.3 Å². The van der Waals surface area contributed by atoms with Gasteiger partial charge in [-0.2, -0.15) is 0 Å². The molecule has 2 saturated heterocycles. The minimum atomic E-state index is -0.114. The molecular weight excluding hydrogens is 304 g/mol. The number of benzene rings is 1. The number of nitrogens with zero attached hydrogens (tertiary/aromatic N) is 1. The molecule has 1 aromatic rings. The summed E-state index contributed by atoms with van der Waals surface area (Å²) in [6.45, 7) is 1.25. The lowest BCUT2D eigenvalue weighted by Gasteiger charge is -2.30. The lowest BCUT2D eigenvalue weighted by atomic mass is 9.82. The van der Waals surface area contributed by atoms with Gasteiger partial charge in [-0.05, 0) is 24.3 Å². The number of carbonyl (C=O) groups is 2. The van der Waals surface area contributed by atoms with Gasteiger partial charge in [-0.1, -0.05) is 36.8 Å². The zero-order valence-corrected chi connectivity index (χ0v) is 13.8. The highest BCUT2D eigenvalue weighted by molar-refractivity contribution is 5.79. The third-order valence-electron chi connectivity index (χ3n) is 5.72. The van der Waals surface area contributed by atoms with Crippen molar-refractivity contribution in [2.45, 2.75) is 43.7 Å². The van der Waals surface area contributed by atoms with Crippen molar-refractivity contribution in [2.75, 3.05) is 19.7 Å². The second-order valence-electron chi connectivity index (χ2n) is 7.21. The van der Waals surface area contributed by atoms with E-state index in [1.54, 1.807) is 0 Å². The SMILES string of the molecule is O=C1CO[C@@H]2[C@@H](c3ccccc3)CN(C(=O)CC3CCC3)[C@@H]2CN1. The first-order valence-corrected chi connectivity index (χ1v) is 8.95. The summed E-state index contributed by atoms with van der Waals surface area (Å²) in [5, 5.41) is 2.90. The van der Waals surface area contributed by atoms with Crippen molar-refractivity contribution in [3.63, 3.8) is 0 Å². The molecular formula is C19H24N2O3. The van der Waals surface area contributed by atoms with E-state index in [1.807, 2.05) is 23.1 Å². The Morgan fingerprint density at radius 2 is 2.04 bits per heavy atom. The summed E-state index contributed by atoms with van der Waals surface area (Å²) >= 11 is 0. The number of rotatable bonds is 3. The van der Waals surface area contributed by atoms with E-state index in [0.29, 0.717) is 25.4 Å². The van der Waals surface area contributed by atoms with Crippen LogP contribution >= 0.6 is 0 Å². The Balaban J connectivity index is 1.57. The minimum absolute atomic E-state index is 0.0609. The van der Waals surface area contributed by atoms with Crippen molar-refractivity contribution in [1.82, 2.24) is 10.2 Å². The molecule has 3 atom stereocenters. The average Bonchev–Trinajstić information content (AvgIpc) is 2.83. The Kier molecular flexibility index (Phi) is 4.27. The fourth-order valence-corrected chi connectivity index (χ4v) is 4.13. The van der Waals surface area contributed by atoms with Crippen LogP contribution in [0.2, 0.25) is 0 Å². The number of fused-ring (bicyclic) bond motifs is 1. The maximum absolute atomic E-state index is 12.8. The van der Waals surface area contributed by atoms with Gasteiger partial charge in [0.2, 0.25) is 11.8 Å². The molecule has 0 bridgehead atoms. The molecule has 1 aromatic carbocycles. The van der Waals surface area contributed by atoms with E-state index in [1.165, 1.54) is 24.8 Å². The predicted octanol–water partition coefficient (Wildman–Crippen LogP) is 1.69. The largest absolute Gasteiger partial charge is 0.365 e. The van der Waals surface area contributed by atoms with Gasteiger partial charge in [0.1, 0.15) is 6.61 Å². The normalized spacial score (nSPS) is 30.2. The molecule has 0 spiro atoms. The quantitative estimate of drug-likeness (QED) is 0.918. The van der Waals surface area contributed by atoms with Crippen LogP contribution in [0.4, 0.5) is 0 Å². The van der Waals surface area contributed by atoms with Gasteiger partial charge in [-0.15, -0.1) is 0 Å². The van der Waals surface area contributed by atoms with Crippen LogP contribution in [-0.2, 0) is 14.3 Å². The highest BCUT2D eigenvalue weighted by Gasteiger charge is 2.46. The third-order valence-corrected chi connectivity index (χ3v) is 5.72. The molecule has 4 rings (SSSR count). The molecule has 5 nitrogen and oxygen atoms in total. The van der Waals surface area contributed by atoms with Crippen LogP contribution in [0.5, 0.6) is 0 Å². The van der Waals surface area contributed by atoms with E-state index in [0.717, 1.165) is 0 Å². The van der Waals surface area contributed by atoms with Crippen LogP contribution < -0.4 is 5.32 Å². The summed E-state index contributed by atoms with van der Waals surface area (Å²) in [6, 6.07) is 10.1. The summed E-state index contributed by atoms with van der Waals surface area (Å²) in [7, 11) is 0. The fraction of sp³-hybridized carbons (Fsp3) is 0.579. The van der Waals surface area contributed by atoms with Gasteiger partial charge in [-0.25, -0.2) is 0 Å². The van der Waals surface area contributed by atoms with Crippen LogP contribution in [0, 0.1) is 5.92 Å². The monoisotopic (exact) mass is 328 g/mol. The Morgan fingerprint density at radius 1 is 1.25 bits per heavy atom. The number of amides is 2. The zero-order valence-electron chi connectivity index (χ0n) is 13.8. The first kappa shape index (κ1) is 15.6. The lowest BCUT2D eigenvalue weighted by molar-refractivity contribution is -0.134. The summed E-state index contributed by atoms with van der Waals surface area (Å²) in [5.41, 5.74) is 1.18. The van der Waals surface area contributed by atoms with E-state index < -0.39 is 0 Å². The average molecular weight is 328 g/mol. The molecule has 0 radical (unpaired) electrons. The van der Waals surface area contributed by atoms with Gasteiger partial charge in [0.05, 0.1) is 12.1 Å². The topological polar surface area (TPSA) is 58.6 Å². The van der Waals surface area contributed by atoms with Gasteiger partial charge in [-0.3, -0.25) is 9.59 Å². The lowest BCUT2D eigenvalue weighted by Crippen LogP contribution is -2.46. The highest BCUT2D eigenvalue weighted by atomic mass is 16.5. The molecule has 1 aliphatic carbocycles. The van der Waals surface area contributed by atoms with E-state index in [-0.39, 0.29) is 36.5 Å². The van der Waals surface area contributed by atoms with E-state index in [2.05, 4.69) is 17.4 Å². The Morgan fingerprint density at radius 3 is 2.75 bits per heavy atom. The number of hydrogen-bond donors (Lipinski definition) is 1. The molecule has 2 aliphatic heterocycles. The molecule has 128 valence electrons. The smallest absolute Gasteiger partial charge is 0.246 e. The van der Waals surface area contributed by atoms with Crippen molar-refractivity contribution >= 4 is 11.8 Å². The first-order valence-electron chi connectivity index (χ1n) is 8.95. The highest BCUT2D eigenvalue weighted by Crippen LogP contribution is 2.37. The number of carbonyl (C=O) groups excluding carboxylic acids is 2. The Bertz CT molecular complexity index is 614. The number of ether oxygens (including phenoxy) is 1.